The number of ether oxygens (including phenoxy) is 1. The number of anilines is 3. The smallest absolute Gasteiger partial charge is 0.326 e. The summed E-state index contributed by atoms with van der Waals surface area (Å²) in [7, 11) is 0. The van der Waals surface area contributed by atoms with Crippen LogP contribution in [0.2, 0.25) is 0 Å². The summed E-state index contributed by atoms with van der Waals surface area (Å²) >= 11 is 0. The summed E-state index contributed by atoms with van der Waals surface area (Å²) < 4.78 is 5.90. The van der Waals surface area contributed by atoms with Crippen LogP contribution >= 0.6 is 0 Å². The van der Waals surface area contributed by atoms with Crippen molar-refractivity contribution < 1.29 is 14.3 Å². The molecule has 0 aliphatic rings. The zero-order chi connectivity index (χ0) is 27.7. The van der Waals surface area contributed by atoms with Crippen molar-refractivity contribution in [2.24, 2.45) is 0 Å². The minimum Gasteiger partial charge on any atom is -0.457 e. The van der Waals surface area contributed by atoms with Crippen molar-refractivity contribution in [3.05, 3.63) is 127 Å². The minimum absolute atomic E-state index is 0.236. The van der Waals surface area contributed by atoms with Gasteiger partial charge in [0.05, 0.1) is 5.69 Å². The number of hydrogen-bond donors (Lipinski definition) is 3. The van der Waals surface area contributed by atoms with Gasteiger partial charge in [0.25, 0.3) is 0 Å². The average Bonchev–Trinajstić information content (AvgIpc) is 2.97. The minimum atomic E-state index is -0.345. The highest BCUT2D eigenvalue weighted by Crippen LogP contribution is 2.25. The lowest BCUT2D eigenvalue weighted by Gasteiger charge is -2.24. The third-order valence-electron chi connectivity index (χ3n) is 6.30. The molecule has 7 nitrogen and oxygen atoms in total. The van der Waals surface area contributed by atoms with Crippen molar-refractivity contribution in [2.45, 2.75) is 6.92 Å². The van der Waals surface area contributed by atoms with Gasteiger partial charge in [0.2, 0.25) is 0 Å². The van der Waals surface area contributed by atoms with E-state index < -0.39 is 0 Å². The summed E-state index contributed by atoms with van der Waals surface area (Å²) in [4.78, 5) is 27.7. The number of amides is 4. The fourth-order valence-electron chi connectivity index (χ4n) is 4.36. The highest BCUT2D eigenvalue weighted by molar-refractivity contribution is 6.03. The molecule has 200 valence electrons. The SMILES string of the molecule is Cc1cccc(NC(=O)N(CCNC(=O)Nc2cccc3ccccc23)c2ccc(Oc3ccccc3)cc2)c1. The highest BCUT2D eigenvalue weighted by atomic mass is 16.5. The van der Waals surface area contributed by atoms with Crippen molar-refractivity contribution in [3.8, 4) is 11.5 Å². The third kappa shape index (κ3) is 6.76. The first-order valence-electron chi connectivity index (χ1n) is 13.1. The van der Waals surface area contributed by atoms with Crippen molar-refractivity contribution in [1.82, 2.24) is 5.32 Å². The van der Waals surface area contributed by atoms with Crippen LogP contribution in [0, 0.1) is 6.92 Å². The Labute approximate surface area is 233 Å². The number of nitrogens with one attached hydrogen (secondary N) is 3. The quantitative estimate of drug-likeness (QED) is 0.191. The Morgan fingerprint density at radius 3 is 2.23 bits per heavy atom. The number of urea groups is 2. The van der Waals surface area contributed by atoms with E-state index in [0.29, 0.717) is 17.1 Å². The Morgan fingerprint density at radius 1 is 0.725 bits per heavy atom. The molecule has 0 aromatic heterocycles. The van der Waals surface area contributed by atoms with Crippen LogP contribution in [0.15, 0.2) is 121 Å². The third-order valence-corrected chi connectivity index (χ3v) is 6.30. The van der Waals surface area contributed by atoms with Gasteiger partial charge in [-0.05, 0) is 72.5 Å². The van der Waals surface area contributed by atoms with E-state index in [1.54, 1.807) is 4.90 Å². The monoisotopic (exact) mass is 530 g/mol. The van der Waals surface area contributed by atoms with Gasteiger partial charge in [0.15, 0.2) is 0 Å². The normalized spacial score (nSPS) is 10.5. The number of carbonyl (C=O) groups is 2. The van der Waals surface area contributed by atoms with Crippen molar-refractivity contribution >= 4 is 39.9 Å². The molecule has 0 atom stereocenters. The topological polar surface area (TPSA) is 82.7 Å². The lowest BCUT2D eigenvalue weighted by molar-refractivity contribution is 0.250. The van der Waals surface area contributed by atoms with Gasteiger partial charge < -0.3 is 20.7 Å². The average molecular weight is 531 g/mol. The maximum absolute atomic E-state index is 13.4. The van der Waals surface area contributed by atoms with E-state index >= 15 is 0 Å². The molecule has 0 aliphatic heterocycles. The predicted molar refractivity (Wildman–Crippen MR) is 161 cm³/mol. The fraction of sp³-hybridized carbons (Fsp3) is 0.0909. The van der Waals surface area contributed by atoms with Gasteiger partial charge in [-0.15, -0.1) is 0 Å². The summed E-state index contributed by atoms with van der Waals surface area (Å²) in [6.07, 6.45) is 0. The van der Waals surface area contributed by atoms with Crippen molar-refractivity contribution in [1.29, 1.82) is 0 Å². The maximum atomic E-state index is 13.4. The van der Waals surface area contributed by atoms with Crippen LogP contribution in [-0.4, -0.2) is 25.2 Å². The van der Waals surface area contributed by atoms with Gasteiger partial charge in [-0.2, -0.15) is 0 Å². The van der Waals surface area contributed by atoms with Gasteiger partial charge in [-0.3, -0.25) is 4.90 Å². The second kappa shape index (κ2) is 12.5. The van der Waals surface area contributed by atoms with E-state index in [-0.39, 0.29) is 25.2 Å². The molecule has 0 unspecified atom stereocenters. The lowest BCUT2D eigenvalue weighted by Crippen LogP contribution is -2.42. The van der Waals surface area contributed by atoms with Crippen LogP contribution in [0.5, 0.6) is 11.5 Å². The molecule has 0 spiro atoms. The molecule has 4 amide bonds. The zero-order valence-electron chi connectivity index (χ0n) is 22.1. The van der Waals surface area contributed by atoms with Crippen LogP contribution in [0.3, 0.4) is 0 Å². The Balaban J connectivity index is 1.27. The molecular weight excluding hydrogens is 500 g/mol. The largest absolute Gasteiger partial charge is 0.457 e. The number of nitrogens with zero attached hydrogens (tertiary/aromatic N) is 1. The first-order valence-corrected chi connectivity index (χ1v) is 13.1. The van der Waals surface area contributed by atoms with Gasteiger partial charge >= 0.3 is 12.1 Å². The Morgan fingerprint density at radius 2 is 1.43 bits per heavy atom. The van der Waals surface area contributed by atoms with E-state index in [4.69, 9.17) is 4.74 Å². The van der Waals surface area contributed by atoms with E-state index in [9.17, 15) is 9.59 Å². The number of fused-ring (bicyclic) bond motifs is 1. The molecule has 5 aromatic rings. The van der Waals surface area contributed by atoms with Gasteiger partial charge in [0, 0.05) is 29.9 Å². The predicted octanol–water partition coefficient (Wildman–Crippen LogP) is 7.80. The molecule has 0 radical (unpaired) electrons. The molecule has 7 heteroatoms. The summed E-state index contributed by atoms with van der Waals surface area (Å²) in [5.41, 5.74) is 3.12. The number of para-hydroxylation sites is 1. The number of rotatable bonds is 8. The number of hydrogen-bond acceptors (Lipinski definition) is 3. The number of carbonyl (C=O) groups excluding carboxylic acids is 2. The highest BCUT2D eigenvalue weighted by Gasteiger charge is 2.17. The summed E-state index contributed by atoms with van der Waals surface area (Å²) in [6.45, 7) is 2.46. The van der Waals surface area contributed by atoms with Crippen LogP contribution < -0.4 is 25.6 Å². The molecule has 0 heterocycles. The second-order valence-electron chi connectivity index (χ2n) is 9.27. The Kier molecular flexibility index (Phi) is 8.22. The van der Waals surface area contributed by atoms with Crippen LogP contribution in [-0.2, 0) is 0 Å². The number of benzene rings is 5. The molecular formula is C33H30N4O3. The molecule has 40 heavy (non-hydrogen) atoms. The summed E-state index contributed by atoms with van der Waals surface area (Å²) in [5, 5.41) is 10.7. The second-order valence-corrected chi connectivity index (χ2v) is 9.27. The lowest BCUT2D eigenvalue weighted by atomic mass is 10.1. The van der Waals surface area contributed by atoms with Crippen molar-refractivity contribution in [2.75, 3.05) is 28.6 Å². The van der Waals surface area contributed by atoms with Crippen molar-refractivity contribution in [3.63, 3.8) is 0 Å². The molecule has 0 fully saturated rings. The molecule has 0 saturated heterocycles. The Bertz CT molecular complexity index is 1600. The zero-order valence-corrected chi connectivity index (χ0v) is 22.1. The van der Waals surface area contributed by atoms with Gasteiger partial charge in [0.1, 0.15) is 11.5 Å². The van der Waals surface area contributed by atoms with Gasteiger partial charge in [-0.1, -0.05) is 66.7 Å². The molecule has 0 bridgehead atoms. The molecule has 5 aromatic carbocycles. The standard InChI is InChI=1S/C33H30N4O3/c1-24-9-7-12-26(23-24)35-33(39)37(27-17-19-29(20-18-27)40-28-13-3-2-4-14-28)22-21-34-32(38)36-31-16-8-11-25-10-5-6-15-30(25)31/h2-20,23H,21-22H2,1H3,(H,35,39)(H2,34,36,38). The summed E-state index contributed by atoms with van der Waals surface area (Å²) in [5.74, 6) is 1.38. The van der Waals surface area contributed by atoms with E-state index in [0.717, 1.165) is 27.8 Å². The molecule has 0 saturated carbocycles. The molecule has 5 rings (SSSR count). The van der Waals surface area contributed by atoms with Crippen LogP contribution in [0.1, 0.15) is 5.56 Å². The van der Waals surface area contributed by atoms with E-state index in [1.807, 2.05) is 128 Å². The number of aryl methyl sites for hydroxylation is 1. The van der Waals surface area contributed by atoms with E-state index in [2.05, 4.69) is 16.0 Å². The maximum Gasteiger partial charge on any atom is 0.326 e. The fourth-order valence-corrected chi connectivity index (χ4v) is 4.36. The Hall–Kier alpha value is -5.30. The van der Waals surface area contributed by atoms with E-state index in [1.165, 1.54) is 0 Å². The first kappa shape index (κ1) is 26.3. The first-order chi connectivity index (χ1) is 19.5. The summed E-state index contributed by atoms with van der Waals surface area (Å²) in [6, 6.07) is 37.4. The van der Waals surface area contributed by atoms with Gasteiger partial charge in [-0.25, -0.2) is 9.59 Å². The van der Waals surface area contributed by atoms with Crippen LogP contribution in [0.4, 0.5) is 26.7 Å². The molecule has 0 aliphatic carbocycles. The molecule has 3 N–H and O–H groups in total. The van der Waals surface area contributed by atoms with Crippen LogP contribution in [0.25, 0.3) is 10.8 Å².